The maximum atomic E-state index is 12.5. The van der Waals surface area contributed by atoms with Crippen molar-refractivity contribution < 1.29 is 9.53 Å². The number of piperazine rings is 1. The summed E-state index contributed by atoms with van der Waals surface area (Å²) in [4.78, 5) is 16.7. The fraction of sp³-hybridized carbons (Fsp3) is 0.273. The van der Waals surface area contributed by atoms with Crippen LogP contribution in [0.2, 0.25) is 0 Å². The first kappa shape index (κ1) is 20.4. The molecule has 1 fully saturated rings. The Hall–Kier alpha value is -3.34. The SMILES string of the molecule is N#C/C(=C/N1CCN(CCN)CC1)C(=O)Nc1ccc(Oc2ccccc2)cc1. The first-order chi connectivity index (χ1) is 14.2. The Balaban J connectivity index is 1.56. The van der Waals surface area contributed by atoms with Crippen molar-refractivity contribution in [1.29, 1.82) is 5.26 Å². The number of nitrogens with two attached hydrogens (primary N) is 1. The van der Waals surface area contributed by atoms with Crippen molar-refractivity contribution in [2.45, 2.75) is 0 Å². The predicted octanol–water partition coefficient (Wildman–Crippen LogP) is 2.40. The molecule has 0 radical (unpaired) electrons. The topological polar surface area (TPSA) is 94.6 Å². The third-order valence-electron chi connectivity index (χ3n) is 4.62. The predicted molar refractivity (Wildman–Crippen MR) is 112 cm³/mol. The van der Waals surface area contributed by atoms with E-state index in [1.54, 1.807) is 30.5 Å². The number of carbonyl (C=O) groups excluding carboxylic acids is 1. The third kappa shape index (κ3) is 6.07. The van der Waals surface area contributed by atoms with Crippen LogP contribution in [-0.2, 0) is 4.79 Å². The highest BCUT2D eigenvalue weighted by molar-refractivity contribution is 6.06. The number of benzene rings is 2. The van der Waals surface area contributed by atoms with Crippen LogP contribution in [0.1, 0.15) is 0 Å². The number of nitrogens with one attached hydrogen (secondary N) is 1. The lowest BCUT2D eigenvalue weighted by molar-refractivity contribution is -0.112. The minimum absolute atomic E-state index is 0.0851. The van der Waals surface area contributed by atoms with Gasteiger partial charge in [0.15, 0.2) is 0 Å². The number of ether oxygens (including phenoxy) is 1. The molecule has 3 N–H and O–H groups in total. The summed E-state index contributed by atoms with van der Waals surface area (Å²) >= 11 is 0. The van der Waals surface area contributed by atoms with Crippen LogP contribution in [0, 0.1) is 11.3 Å². The minimum atomic E-state index is -0.423. The molecule has 1 heterocycles. The zero-order valence-corrected chi connectivity index (χ0v) is 16.3. The van der Waals surface area contributed by atoms with Crippen molar-refractivity contribution in [2.24, 2.45) is 5.73 Å². The van der Waals surface area contributed by atoms with Crippen LogP contribution in [0.3, 0.4) is 0 Å². The lowest BCUT2D eigenvalue weighted by Crippen LogP contribution is -2.45. The van der Waals surface area contributed by atoms with Crippen LogP contribution in [0.5, 0.6) is 11.5 Å². The van der Waals surface area contributed by atoms with Crippen molar-refractivity contribution in [3.8, 4) is 17.6 Å². The fourth-order valence-electron chi connectivity index (χ4n) is 3.05. The van der Waals surface area contributed by atoms with Gasteiger partial charge in [0.05, 0.1) is 0 Å². The monoisotopic (exact) mass is 391 g/mol. The number of rotatable bonds is 7. The molecule has 29 heavy (non-hydrogen) atoms. The van der Waals surface area contributed by atoms with Crippen LogP contribution >= 0.6 is 0 Å². The van der Waals surface area contributed by atoms with E-state index in [-0.39, 0.29) is 5.57 Å². The first-order valence-corrected chi connectivity index (χ1v) is 9.60. The molecule has 1 amide bonds. The van der Waals surface area contributed by atoms with Gasteiger partial charge in [0.2, 0.25) is 0 Å². The van der Waals surface area contributed by atoms with E-state index in [1.165, 1.54) is 0 Å². The summed E-state index contributed by atoms with van der Waals surface area (Å²) in [5.74, 6) is 0.986. The van der Waals surface area contributed by atoms with Crippen LogP contribution in [-0.4, -0.2) is 55.0 Å². The molecule has 1 aliphatic heterocycles. The zero-order valence-electron chi connectivity index (χ0n) is 16.3. The molecule has 0 saturated carbocycles. The minimum Gasteiger partial charge on any atom is -0.457 e. The average molecular weight is 391 g/mol. The van der Waals surface area contributed by atoms with E-state index in [1.807, 2.05) is 41.3 Å². The molecule has 150 valence electrons. The fourth-order valence-corrected chi connectivity index (χ4v) is 3.05. The Kier molecular flexibility index (Phi) is 7.22. The van der Waals surface area contributed by atoms with E-state index in [0.717, 1.165) is 38.5 Å². The number of amides is 1. The third-order valence-corrected chi connectivity index (χ3v) is 4.62. The number of hydrogen-bond acceptors (Lipinski definition) is 6. The molecule has 0 unspecified atom stereocenters. The van der Waals surface area contributed by atoms with E-state index in [4.69, 9.17) is 10.5 Å². The molecular weight excluding hydrogens is 366 g/mol. The number of carbonyl (C=O) groups is 1. The number of hydrogen-bond donors (Lipinski definition) is 2. The molecule has 7 heteroatoms. The summed E-state index contributed by atoms with van der Waals surface area (Å²) in [6.07, 6.45) is 1.64. The Morgan fingerprint density at radius 1 is 1.07 bits per heavy atom. The maximum absolute atomic E-state index is 12.5. The van der Waals surface area contributed by atoms with E-state index in [9.17, 15) is 10.1 Å². The highest BCUT2D eigenvalue weighted by Gasteiger charge is 2.17. The quantitative estimate of drug-likeness (QED) is 0.556. The molecule has 1 aliphatic rings. The molecule has 7 nitrogen and oxygen atoms in total. The smallest absolute Gasteiger partial charge is 0.267 e. The van der Waals surface area contributed by atoms with Gasteiger partial charge in [-0.1, -0.05) is 18.2 Å². The molecule has 3 rings (SSSR count). The molecule has 0 atom stereocenters. The van der Waals surface area contributed by atoms with Crippen LogP contribution in [0.25, 0.3) is 0 Å². The standard InChI is InChI=1S/C22H25N5O2/c23-10-11-26-12-14-27(15-13-26)17-18(16-24)22(28)25-19-6-8-21(9-7-19)29-20-4-2-1-3-5-20/h1-9,17H,10-15,23H2,(H,25,28)/b18-17-. The van der Waals surface area contributed by atoms with Crippen LogP contribution in [0.15, 0.2) is 66.4 Å². The normalized spacial score (nSPS) is 14.9. The van der Waals surface area contributed by atoms with Gasteiger partial charge in [0.1, 0.15) is 23.1 Å². The Labute approximate surface area is 171 Å². The van der Waals surface area contributed by atoms with E-state index in [2.05, 4.69) is 10.2 Å². The summed E-state index contributed by atoms with van der Waals surface area (Å²) in [5, 5.41) is 12.2. The Bertz CT molecular complexity index is 866. The molecule has 1 saturated heterocycles. The van der Waals surface area contributed by atoms with E-state index < -0.39 is 5.91 Å². The molecule has 2 aromatic carbocycles. The summed E-state index contributed by atoms with van der Waals surface area (Å²) in [6.45, 7) is 4.78. The number of nitrogens with zero attached hydrogens (tertiary/aromatic N) is 3. The van der Waals surface area contributed by atoms with Crippen molar-refractivity contribution >= 4 is 11.6 Å². The summed E-state index contributed by atoms with van der Waals surface area (Å²) in [7, 11) is 0. The summed E-state index contributed by atoms with van der Waals surface area (Å²) < 4.78 is 5.74. The van der Waals surface area contributed by atoms with Crippen LogP contribution < -0.4 is 15.8 Å². The molecule has 0 aromatic heterocycles. The van der Waals surface area contributed by atoms with E-state index in [0.29, 0.717) is 18.0 Å². The molecule has 2 aromatic rings. The van der Waals surface area contributed by atoms with Gasteiger partial charge in [0.25, 0.3) is 5.91 Å². The molecule has 0 spiro atoms. The second-order valence-corrected chi connectivity index (χ2v) is 6.71. The van der Waals surface area contributed by atoms with Crippen molar-refractivity contribution in [3.05, 3.63) is 66.4 Å². The summed E-state index contributed by atoms with van der Waals surface area (Å²) in [6, 6.07) is 18.5. The number of anilines is 1. The van der Waals surface area contributed by atoms with Crippen LogP contribution in [0.4, 0.5) is 5.69 Å². The second-order valence-electron chi connectivity index (χ2n) is 6.71. The Morgan fingerprint density at radius 2 is 1.72 bits per heavy atom. The van der Waals surface area contributed by atoms with Gasteiger partial charge < -0.3 is 20.7 Å². The van der Waals surface area contributed by atoms with Gasteiger partial charge in [0, 0.05) is 51.2 Å². The maximum Gasteiger partial charge on any atom is 0.267 e. The van der Waals surface area contributed by atoms with Gasteiger partial charge in [-0.25, -0.2) is 0 Å². The van der Waals surface area contributed by atoms with Gasteiger partial charge in [-0.05, 0) is 36.4 Å². The van der Waals surface area contributed by atoms with Gasteiger partial charge >= 0.3 is 0 Å². The molecule has 0 aliphatic carbocycles. The van der Waals surface area contributed by atoms with E-state index >= 15 is 0 Å². The number of para-hydroxylation sites is 1. The molecular formula is C22H25N5O2. The van der Waals surface area contributed by atoms with Crippen molar-refractivity contribution in [1.82, 2.24) is 9.80 Å². The van der Waals surface area contributed by atoms with Gasteiger partial charge in [-0.2, -0.15) is 5.26 Å². The zero-order chi connectivity index (χ0) is 20.5. The average Bonchev–Trinajstić information content (AvgIpc) is 2.75. The molecule has 0 bridgehead atoms. The van der Waals surface area contributed by atoms with Crippen molar-refractivity contribution in [2.75, 3.05) is 44.6 Å². The highest BCUT2D eigenvalue weighted by Crippen LogP contribution is 2.22. The second kappa shape index (κ2) is 10.3. The first-order valence-electron chi connectivity index (χ1n) is 9.60. The highest BCUT2D eigenvalue weighted by atomic mass is 16.5. The lowest BCUT2D eigenvalue weighted by atomic mass is 10.2. The van der Waals surface area contributed by atoms with Gasteiger partial charge in [-0.15, -0.1) is 0 Å². The Morgan fingerprint density at radius 3 is 2.34 bits per heavy atom. The largest absolute Gasteiger partial charge is 0.457 e. The summed E-state index contributed by atoms with van der Waals surface area (Å²) in [5.41, 5.74) is 6.27. The number of nitriles is 1. The van der Waals surface area contributed by atoms with Crippen molar-refractivity contribution in [3.63, 3.8) is 0 Å². The lowest BCUT2D eigenvalue weighted by Gasteiger charge is -2.33. The van der Waals surface area contributed by atoms with Gasteiger partial charge in [-0.3, -0.25) is 9.69 Å².